The van der Waals surface area contributed by atoms with Crippen molar-refractivity contribution >= 4 is 25.5 Å². The van der Waals surface area contributed by atoms with E-state index < -0.39 is 31.3 Å². The molecule has 0 aromatic carbocycles. The van der Waals surface area contributed by atoms with Crippen LogP contribution in [-0.2, 0) is 3.02 Å². The number of hydrogen-bond donors (Lipinski definition) is 0. The second-order valence-corrected chi connectivity index (χ2v) is 13.5. The van der Waals surface area contributed by atoms with Crippen molar-refractivity contribution in [3.8, 4) is 30.2 Å². The van der Waals surface area contributed by atoms with Crippen molar-refractivity contribution in [3.63, 3.8) is 0 Å². The van der Waals surface area contributed by atoms with Crippen LogP contribution in [0.5, 0.6) is 0 Å². The van der Waals surface area contributed by atoms with E-state index in [2.05, 4.69) is 0 Å². The molecule has 1 atom stereocenters. The zero-order chi connectivity index (χ0) is 15.5. The van der Waals surface area contributed by atoms with Gasteiger partial charge in [-0.15, -0.1) is 0 Å². The predicted octanol–water partition coefficient (Wildman–Crippen LogP) is 1.33. The van der Waals surface area contributed by atoms with Crippen LogP contribution in [0.2, 0.25) is 15.6 Å². The molecular weight excluding hydrogens is 363 g/mol. The topological polar surface area (TPSA) is 136 Å². The molecule has 0 saturated carbocycles. The van der Waals surface area contributed by atoms with Gasteiger partial charge >= 0.3 is 121 Å². The van der Waals surface area contributed by atoms with Crippen LogP contribution in [0, 0.1) is 56.6 Å². The number of nitrogens with zero attached hydrogens (tertiary/aromatic N) is 5. The standard InChI is InChI=1S/C10HBN5.2CH3.O.Sb/c12-2-7-1-8(3-13)11(6-16)10(5-15)9(7)4-14;;;;/h8H;2*1H3;;. The molecular formula is C12H7BN5OSb. The van der Waals surface area contributed by atoms with E-state index in [4.69, 9.17) is 15.8 Å². The summed E-state index contributed by atoms with van der Waals surface area (Å²) in [5, 5.41) is 45.9. The van der Waals surface area contributed by atoms with Crippen LogP contribution in [-0.4, -0.2) is 25.5 Å². The first kappa shape index (κ1) is 15.7. The van der Waals surface area contributed by atoms with Crippen LogP contribution in [0.3, 0.4) is 0 Å². The van der Waals surface area contributed by atoms with Gasteiger partial charge in [0.1, 0.15) is 0 Å². The molecule has 1 unspecified atom stereocenters. The molecule has 0 saturated heterocycles. The van der Waals surface area contributed by atoms with Crippen LogP contribution in [0.1, 0.15) is 0 Å². The first-order chi connectivity index (χ1) is 9.37. The van der Waals surface area contributed by atoms with E-state index in [9.17, 15) is 13.5 Å². The molecule has 0 bridgehead atoms. The molecule has 1 aliphatic heterocycles. The molecule has 0 spiro atoms. The summed E-state index contributed by atoms with van der Waals surface area (Å²) in [6.07, 6.45) is 0. The Hall–Kier alpha value is -2.39. The summed E-state index contributed by atoms with van der Waals surface area (Å²) >= 11 is -4.02. The minimum absolute atomic E-state index is 0.0931. The van der Waals surface area contributed by atoms with Gasteiger partial charge in [-0.05, 0) is 0 Å². The van der Waals surface area contributed by atoms with Crippen LogP contribution in [0.25, 0.3) is 0 Å². The van der Waals surface area contributed by atoms with E-state index in [-0.39, 0.29) is 20.1 Å². The van der Waals surface area contributed by atoms with Gasteiger partial charge in [0.25, 0.3) is 0 Å². The van der Waals surface area contributed by atoms with Crippen molar-refractivity contribution in [2.75, 3.05) is 0 Å². The van der Waals surface area contributed by atoms with Crippen LogP contribution >= 0.6 is 0 Å². The summed E-state index contributed by atoms with van der Waals surface area (Å²) in [6, 6.07) is 7.08. The molecule has 0 aromatic heterocycles. The Bertz CT molecular complexity index is 784. The summed E-state index contributed by atoms with van der Waals surface area (Å²) < 4.78 is 12.5. The maximum absolute atomic E-state index is 12.4. The second-order valence-electron chi connectivity index (χ2n) is 4.45. The van der Waals surface area contributed by atoms with Gasteiger partial charge in [-0.3, -0.25) is 0 Å². The molecule has 1 heterocycles. The third kappa shape index (κ3) is 2.36. The summed E-state index contributed by atoms with van der Waals surface area (Å²) in [5.74, 6) is 0.701. The normalized spacial score (nSPS) is 18.4. The van der Waals surface area contributed by atoms with E-state index in [0.29, 0.717) is 0 Å². The average molecular weight is 370 g/mol. The van der Waals surface area contributed by atoms with Crippen LogP contribution in [0.15, 0.2) is 20.1 Å². The first-order valence-electron chi connectivity index (χ1n) is 5.41. The van der Waals surface area contributed by atoms with E-state index in [1.54, 1.807) is 18.2 Å². The first-order valence-corrected chi connectivity index (χ1v) is 12.8. The van der Waals surface area contributed by atoms with Gasteiger partial charge in [0.15, 0.2) is 0 Å². The molecule has 0 amide bonds. The minimum atomic E-state index is -4.02. The molecule has 0 radical (unpaired) electrons. The Morgan fingerprint density at radius 3 is 1.85 bits per heavy atom. The van der Waals surface area contributed by atoms with Crippen LogP contribution < -0.4 is 0 Å². The van der Waals surface area contributed by atoms with Crippen molar-refractivity contribution in [2.45, 2.75) is 15.6 Å². The number of hydrogen-bond acceptors (Lipinski definition) is 6. The van der Waals surface area contributed by atoms with Gasteiger partial charge in [0, 0.05) is 0 Å². The van der Waals surface area contributed by atoms with Crippen molar-refractivity contribution in [3.05, 3.63) is 20.1 Å². The monoisotopic (exact) mass is 369 g/mol. The molecule has 94 valence electrons. The molecule has 8 heteroatoms. The molecule has 0 aromatic rings. The SMILES string of the molecule is [CH3][Sb]([CH3])(=[O])[C]1=C(C#N)C(C#N)=C(C#N)B(C#N)C1C#N. The fourth-order valence-corrected chi connectivity index (χ4v) is 6.63. The molecule has 0 aliphatic carbocycles. The van der Waals surface area contributed by atoms with Crippen molar-refractivity contribution < 1.29 is 3.02 Å². The Morgan fingerprint density at radius 1 is 1.00 bits per heavy atom. The maximum atomic E-state index is 12.4. The van der Waals surface area contributed by atoms with Gasteiger partial charge in [0.05, 0.1) is 0 Å². The van der Waals surface area contributed by atoms with Crippen molar-refractivity contribution in [1.82, 2.24) is 0 Å². The number of allylic oxidation sites excluding steroid dienone is 4. The Labute approximate surface area is 120 Å². The molecule has 0 N–H and O–H groups in total. The van der Waals surface area contributed by atoms with Gasteiger partial charge in [-0.1, -0.05) is 0 Å². The van der Waals surface area contributed by atoms with E-state index >= 15 is 0 Å². The Kier molecular flexibility index (Phi) is 4.48. The molecule has 0 fully saturated rings. The third-order valence-electron chi connectivity index (χ3n) is 2.92. The summed E-state index contributed by atoms with van der Waals surface area (Å²) in [5.41, 5.74) is -0.607. The quantitative estimate of drug-likeness (QED) is 0.639. The third-order valence-corrected chi connectivity index (χ3v) is 7.66. The Morgan fingerprint density at radius 2 is 1.55 bits per heavy atom. The fraction of sp³-hybridized carbons (Fsp3) is 0.250. The predicted molar refractivity (Wildman–Crippen MR) is 69.8 cm³/mol. The van der Waals surface area contributed by atoms with Crippen molar-refractivity contribution in [2.24, 2.45) is 0 Å². The molecule has 20 heavy (non-hydrogen) atoms. The zero-order valence-corrected chi connectivity index (χ0v) is 13.3. The van der Waals surface area contributed by atoms with Crippen molar-refractivity contribution in [1.29, 1.82) is 26.3 Å². The van der Waals surface area contributed by atoms with E-state index in [1.807, 2.05) is 12.0 Å². The van der Waals surface area contributed by atoms with E-state index in [1.165, 1.54) is 9.74 Å². The Balaban J connectivity index is 3.95. The van der Waals surface area contributed by atoms with Gasteiger partial charge < -0.3 is 0 Å². The fourth-order valence-electron chi connectivity index (χ4n) is 2.13. The zero-order valence-electron chi connectivity index (χ0n) is 10.7. The van der Waals surface area contributed by atoms with Gasteiger partial charge in [0.2, 0.25) is 0 Å². The summed E-state index contributed by atoms with van der Waals surface area (Å²) in [4.78, 5) is 2.91. The van der Waals surface area contributed by atoms with Gasteiger partial charge in [-0.25, -0.2) is 0 Å². The number of nitriles is 5. The van der Waals surface area contributed by atoms with Crippen LogP contribution in [0.4, 0.5) is 0 Å². The average Bonchev–Trinajstić information content (AvgIpc) is 2.42. The number of rotatable bonds is 1. The summed E-state index contributed by atoms with van der Waals surface area (Å²) in [6.45, 7) is -1.16. The molecule has 1 rings (SSSR count). The summed E-state index contributed by atoms with van der Waals surface area (Å²) in [7, 11) is 0. The van der Waals surface area contributed by atoms with Gasteiger partial charge in [-0.2, -0.15) is 0 Å². The molecule has 6 nitrogen and oxygen atoms in total. The molecule has 1 aliphatic rings. The second kappa shape index (κ2) is 5.72. The van der Waals surface area contributed by atoms with E-state index in [0.717, 1.165) is 0 Å².